The molecular weight excluding hydrogens is 338 g/mol. The standard InChI is InChI=1S/C17H15N5O4/c1-25-15-7-5-13(6-8-15)19-16(23)10-26-17(24)12-3-2-4-14(9-12)22-11-18-20-21-22/h2-9,11H,10H2,1H3,(H,19,23). The second-order valence-corrected chi connectivity index (χ2v) is 5.16. The number of amides is 1. The van der Waals surface area contributed by atoms with E-state index in [0.717, 1.165) is 0 Å². The first-order chi connectivity index (χ1) is 12.7. The number of methoxy groups -OCH3 is 1. The Labute approximate surface area is 148 Å². The maximum absolute atomic E-state index is 12.1. The Balaban J connectivity index is 1.56. The summed E-state index contributed by atoms with van der Waals surface area (Å²) >= 11 is 0. The molecule has 0 spiro atoms. The summed E-state index contributed by atoms with van der Waals surface area (Å²) in [4.78, 5) is 24.0. The lowest BCUT2D eigenvalue weighted by Crippen LogP contribution is -2.21. The molecule has 2 aromatic carbocycles. The molecule has 132 valence electrons. The molecular formula is C17H15N5O4. The maximum Gasteiger partial charge on any atom is 0.338 e. The molecule has 1 aromatic heterocycles. The van der Waals surface area contributed by atoms with E-state index in [-0.39, 0.29) is 5.56 Å². The number of anilines is 1. The minimum atomic E-state index is -0.621. The Kier molecular flexibility index (Phi) is 5.18. The average Bonchev–Trinajstić information content (AvgIpc) is 3.22. The van der Waals surface area contributed by atoms with E-state index in [1.165, 1.54) is 11.0 Å². The van der Waals surface area contributed by atoms with Gasteiger partial charge in [0.2, 0.25) is 0 Å². The van der Waals surface area contributed by atoms with Gasteiger partial charge in [0.15, 0.2) is 6.61 Å². The molecule has 0 unspecified atom stereocenters. The van der Waals surface area contributed by atoms with Crippen molar-refractivity contribution in [1.82, 2.24) is 20.2 Å². The van der Waals surface area contributed by atoms with Gasteiger partial charge in [-0.3, -0.25) is 4.79 Å². The van der Waals surface area contributed by atoms with Crippen molar-refractivity contribution < 1.29 is 19.1 Å². The van der Waals surface area contributed by atoms with Crippen molar-refractivity contribution in [1.29, 1.82) is 0 Å². The number of nitrogens with one attached hydrogen (secondary N) is 1. The van der Waals surface area contributed by atoms with Gasteiger partial charge in [0.25, 0.3) is 5.91 Å². The van der Waals surface area contributed by atoms with Crippen LogP contribution < -0.4 is 10.1 Å². The smallest absolute Gasteiger partial charge is 0.338 e. The molecule has 0 saturated carbocycles. The summed E-state index contributed by atoms with van der Waals surface area (Å²) in [5, 5.41) is 13.5. The van der Waals surface area contributed by atoms with E-state index in [9.17, 15) is 9.59 Å². The van der Waals surface area contributed by atoms with Crippen LogP contribution >= 0.6 is 0 Å². The third kappa shape index (κ3) is 4.20. The van der Waals surface area contributed by atoms with Crippen molar-refractivity contribution in [2.75, 3.05) is 19.0 Å². The maximum atomic E-state index is 12.1. The highest BCUT2D eigenvalue weighted by molar-refractivity contribution is 5.95. The number of nitrogens with zero attached hydrogens (tertiary/aromatic N) is 4. The van der Waals surface area contributed by atoms with Crippen molar-refractivity contribution in [3.05, 3.63) is 60.4 Å². The Bertz CT molecular complexity index is 894. The SMILES string of the molecule is COc1ccc(NC(=O)COC(=O)c2cccc(-n3cnnn3)c2)cc1. The molecule has 0 atom stereocenters. The largest absolute Gasteiger partial charge is 0.497 e. The number of tetrazole rings is 1. The minimum Gasteiger partial charge on any atom is -0.497 e. The van der Waals surface area contributed by atoms with Crippen LogP contribution in [0, 0.1) is 0 Å². The predicted octanol–water partition coefficient (Wildman–Crippen LogP) is 1.47. The number of carbonyl (C=O) groups is 2. The van der Waals surface area contributed by atoms with Gasteiger partial charge in [0, 0.05) is 5.69 Å². The molecule has 0 bridgehead atoms. The summed E-state index contributed by atoms with van der Waals surface area (Å²) in [6.07, 6.45) is 1.41. The Hall–Kier alpha value is -3.75. The molecule has 1 N–H and O–H groups in total. The fourth-order valence-electron chi connectivity index (χ4n) is 2.14. The summed E-state index contributed by atoms with van der Waals surface area (Å²) < 4.78 is 11.5. The highest BCUT2D eigenvalue weighted by Gasteiger charge is 2.12. The lowest BCUT2D eigenvalue weighted by molar-refractivity contribution is -0.119. The summed E-state index contributed by atoms with van der Waals surface area (Å²) in [7, 11) is 1.56. The number of aromatic nitrogens is 4. The lowest BCUT2D eigenvalue weighted by atomic mass is 10.2. The van der Waals surface area contributed by atoms with E-state index in [1.54, 1.807) is 55.6 Å². The van der Waals surface area contributed by atoms with Gasteiger partial charge < -0.3 is 14.8 Å². The van der Waals surface area contributed by atoms with Crippen molar-refractivity contribution in [2.45, 2.75) is 0 Å². The molecule has 1 heterocycles. The van der Waals surface area contributed by atoms with Crippen LogP contribution in [0.3, 0.4) is 0 Å². The van der Waals surface area contributed by atoms with Gasteiger partial charge in [-0.1, -0.05) is 6.07 Å². The van der Waals surface area contributed by atoms with Crippen LogP contribution in [0.1, 0.15) is 10.4 Å². The Morgan fingerprint density at radius 1 is 1.15 bits per heavy atom. The van der Waals surface area contributed by atoms with Crippen LogP contribution in [-0.4, -0.2) is 45.8 Å². The second-order valence-electron chi connectivity index (χ2n) is 5.16. The number of benzene rings is 2. The van der Waals surface area contributed by atoms with Crippen LogP contribution in [0.4, 0.5) is 5.69 Å². The fraction of sp³-hybridized carbons (Fsp3) is 0.118. The summed E-state index contributed by atoms with van der Waals surface area (Å²) in [5.74, 6) is -0.387. The van der Waals surface area contributed by atoms with Crippen molar-refractivity contribution in [3.8, 4) is 11.4 Å². The Morgan fingerprint density at radius 2 is 1.96 bits per heavy atom. The van der Waals surface area contributed by atoms with Crippen molar-refractivity contribution >= 4 is 17.6 Å². The van der Waals surface area contributed by atoms with E-state index in [1.807, 2.05) is 0 Å². The number of carbonyl (C=O) groups excluding carboxylic acids is 2. The molecule has 3 rings (SSSR count). The number of ether oxygens (including phenoxy) is 2. The zero-order valence-corrected chi connectivity index (χ0v) is 13.8. The highest BCUT2D eigenvalue weighted by atomic mass is 16.5. The van der Waals surface area contributed by atoms with E-state index in [4.69, 9.17) is 9.47 Å². The molecule has 0 saturated heterocycles. The van der Waals surface area contributed by atoms with Gasteiger partial charge in [-0.05, 0) is 52.9 Å². The van der Waals surface area contributed by atoms with Crippen LogP contribution in [0.25, 0.3) is 5.69 Å². The van der Waals surface area contributed by atoms with Crippen molar-refractivity contribution in [2.24, 2.45) is 0 Å². The van der Waals surface area contributed by atoms with Gasteiger partial charge in [-0.25, -0.2) is 9.48 Å². The number of hydrogen-bond acceptors (Lipinski definition) is 7. The molecule has 9 nitrogen and oxygen atoms in total. The van der Waals surface area contributed by atoms with Gasteiger partial charge in [-0.15, -0.1) is 5.10 Å². The normalized spacial score (nSPS) is 10.2. The first kappa shape index (κ1) is 17.1. The average molecular weight is 353 g/mol. The Morgan fingerprint density at radius 3 is 2.65 bits per heavy atom. The van der Waals surface area contributed by atoms with Crippen LogP contribution in [0.15, 0.2) is 54.9 Å². The van der Waals surface area contributed by atoms with E-state index in [2.05, 4.69) is 20.8 Å². The van der Waals surface area contributed by atoms with Gasteiger partial charge >= 0.3 is 5.97 Å². The highest BCUT2D eigenvalue weighted by Crippen LogP contribution is 2.15. The lowest BCUT2D eigenvalue weighted by Gasteiger charge is -2.08. The third-order valence-corrected chi connectivity index (χ3v) is 3.40. The molecule has 3 aromatic rings. The molecule has 0 radical (unpaired) electrons. The van der Waals surface area contributed by atoms with Crippen LogP contribution in [0.5, 0.6) is 5.75 Å². The summed E-state index contributed by atoms with van der Waals surface area (Å²) in [5.41, 5.74) is 1.47. The first-order valence-electron chi connectivity index (χ1n) is 7.60. The van der Waals surface area contributed by atoms with Crippen LogP contribution in [-0.2, 0) is 9.53 Å². The minimum absolute atomic E-state index is 0.287. The molecule has 0 aliphatic heterocycles. The topological polar surface area (TPSA) is 108 Å². The first-order valence-corrected chi connectivity index (χ1v) is 7.60. The molecule has 0 aliphatic carbocycles. The molecule has 9 heteroatoms. The zero-order valence-electron chi connectivity index (χ0n) is 13.8. The van der Waals surface area contributed by atoms with E-state index >= 15 is 0 Å². The number of esters is 1. The quantitative estimate of drug-likeness (QED) is 0.668. The summed E-state index contributed by atoms with van der Waals surface area (Å²) in [6, 6.07) is 13.4. The van der Waals surface area contributed by atoms with E-state index < -0.39 is 18.5 Å². The number of rotatable bonds is 6. The third-order valence-electron chi connectivity index (χ3n) is 3.40. The summed E-state index contributed by atoms with van der Waals surface area (Å²) in [6.45, 7) is -0.403. The molecule has 26 heavy (non-hydrogen) atoms. The second kappa shape index (κ2) is 7.88. The van der Waals surface area contributed by atoms with Gasteiger partial charge in [0.1, 0.15) is 12.1 Å². The number of hydrogen-bond donors (Lipinski definition) is 1. The fourth-order valence-corrected chi connectivity index (χ4v) is 2.14. The predicted molar refractivity (Wildman–Crippen MR) is 91.1 cm³/mol. The monoisotopic (exact) mass is 353 g/mol. The van der Waals surface area contributed by atoms with Crippen molar-refractivity contribution in [3.63, 3.8) is 0 Å². The molecule has 0 fully saturated rings. The van der Waals surface area contributed by atoms with Gasteiger partial charge in [-0.2, -0.15) is 0 Å². The van der Waals surface area contributed by atoms with E-state index in [0.29, 0.717) is 17.1 Å². The molecule has 1 amide bonds. The van der Waals surface area contributed by atoms with Crippen LogP contribution in [0.2, 0.25) is 0 Å². The zero-order chi connectivity index (χ0) is 18.4. The molecule has 0 aliphatic rings. The van der Waals surface area contributed by atoms with Gasteiger partial charge in [0.05, 0.1) is 18.4 Å².